The highest BCUT2D eigenvalue weighted by molar-refractivity contribution is 5.32. The minimum absolute atomic E-state index is 0.140. The molecular weight excluding hydrogens is 168 g/mol. The second-order valence-corrected chi connectivity index (χ2v) is 2.02. The van der Waals surface area contributed by atoms with Gasteiger partial charge in [-0.25, -0.2) is 9.97 Å². The first kappa shape index (κ1) is 8.84. The van der Waals surface area contributed by atoms with Crippen molar-refractivity contribution in [3.8, 4) is 11.8 Å². The molecule has 2 N–H and O–H groups in total. The summed E-state index contributed by atoms with van der Waals surface area (Å²) in [5.74, 6) is 5.55. The lowest BCUT2D eigenvalue weighted by molar-refractivity contribution is 1.17. The third-order valence-corrected chi connectivity index (χ3v) is 1.12. The van der Waals surface area contributed by atoms with Crippen molar-refractivity contribution < 1.29 is 0 Å². The zero-order valence-corrected chi connectivity index (χ0v) is 6.68. The Bertz CT molecular complexity index is 378. The van der Waals surface area contributed by atoms with Gasteiger partial charge in [0.1, 0.15) is 0 Å². The molecule has 1 aromatic rings. The van der Waals surface area contributed by atoms with E-state index in [9.17, 15) is 0 Å². The Morgan fingerprint density at radius 1 is 1.54 bits per heavy atom. The molecule has 1 heterocycles. The van der Waals surface area contributed by atoms with Crippen molar-refractivity contribution >= 4 is 5.95 Å². The molecular formula is C7H6N6. The van der Waals surface area contributed by atoms with Gasteiger partial charge >= 0.3 is 0 Å². The Balaban J connectivity index is 2.66. The number of anilines is 1. The average Bonchev–Trinajstić information content (AvgIpc) is 2.15. The van der Waals surface area contributed by atoms with Gasteiger partial charge in [-0.1, -0.05) is 17.0 Å². The first-order valence-electron chi connectivity index (χ1n) is 3.40. The maximum Gasteiger partial charge on any atom is 0.219 e. The number of nitrogens with two attached hydrogens (primary N) is 1. The minimum Gasteiger partial charge on any atom is -0.368 e. The van der Waals surface area contributed by atoms with Crippen LogP contribution >= 0.6 is 0 Å². The van der Waals surface area contributed by atoms with Crippen LogP contribution in [-0.2, 0) is 0 Å². The molecule has 0 radical (unpaired) electrons. The summed E-state index contributed by atoms with van der Waals surface area (Å²) in [7, 11) is 0. The van der Waals surface area contributed by atoms with Crippen molar-refractivity contribution in [3.63, 3.8) is 0 Å². The van der Waals surface area contributed by atoms with Gasteiger partial charge in [-0.2, -0.15) is 0 Å². The van der Waals surface area contributed by atoms with Crippen LogP contribution in [0.15, 0.2) is 17.5 Å². The van der Waals surface area contributed by atoms with Gasteiger partial charge in [0, 0.05) is 17.3 Å². The van der Waals surface area contributed by atoms with Gasteiger partial charge in [0.15, 0.2) is 0 Å². The van der Waals surface area contributed by atoms with Crippen molar-refractivity contribution in [1.29, 1.82) is 0 Å². The second-order valence-electron chi connectivity index (χ2n) is 2.02. The fraction of sp³-hybridized carbons (Fsp3) is 0.143. The summed E-state index contributed by atoms with van der Waals surface area (Å²) in [5, 5.41) is 3.25. The highest BCUT2D eigenvalue weighted by Crippen LogP contribution is 1.93. The van der Waals surface area contributed by atoms with Gasteiger partial charge in [0.25, 0.3) is 0 Å². The fourth-order valence-electron chi connectivity index (χ4n) is 0.611. The van der Waals surface area contributed by atoms with Crippen LogP contribution < -0.4 is 5.73 Å². The van der Waals surface area contributed by atoms with Crippen molar-refractivity contribution in [2.24, 2.45) is 5.11 Å². The van der Waals surface area contributed by atoms with Crippen LogP contribution in [0.5, 0.6) is 0 Å². The lowest BCUT2D eigenvalue weighted by atomic mass is 10.3. The van der Waals surface area contributed by atoms with E-state index < -0.39 is 0 Å². The summed E-state index contributed by atoms with van der Waals surface area (Å²) in [4.78, 5) is 10.0. The Morgan fingerprint density at radius 3 is 2.85 bits per heavy atom. The topological polar surface area (TPSA) is 101 Å². The van der Waals surface area contributed by atoms with Gasteiger partial charge < -0.3 is 5.73 Å². The van der Waals surface area contributed by atoms with Crippen LogP contribution in [0.25, 0.3) is 10.4 Å². The van der Waals surface area contributed by atoms with E-state index in [0.29, 0.717) is 5.56 Å². The number of aromatic nitrogens is 2. The van der Waals surface area contributed by atoms with Crippen molar-refractivity contribution in [2.45, 2.75) is 0 Å². The van der Waals surface area contributed by atoms with E-state index in [-0.39, 0.29) is 12.5 Å². The van der Waals surface area contributed by atoms with E-state index in [2.05, 4.69) is 31.8 Å². The highest BCUT2D eigenvalue weighted by atomic mass is 15.1. The molecule has 0 bridgehead atoms. The lowest BCUT2D eigenvalue weighted by Gasteiger charge is -1.89. The van der Waals surface area contributed by atoms with Crippen molar-refractivity contribution in [2.75, 3.05) is 12.3 Å². The molecule has 6 heteroatoms. The van der Waals surface area contributed by atoms with Gasteiger partial charge in [0.05, 0.1) is 12.1 Å². The summed E-state index contributed by atoms with van der Waals surface area (Å²) in [5.41, 5.74) is 13.9. The predicted octanol–water partition coefficient (Wildman–Crippen LogP) is 0.721. The van der Waals surface area contributed by atoms with Gasteiger partial charge in [-0.15, -0.1) is 0 Å². The molecule has 13 heavy (non-hydrogen) atoms. The molecule has 0 aliphatic carbocycles. The molecule has 0 saturated heterocycles. The molecule has 1 rings (SSSR count). The first-order valence-corrected chi connectivity index (χ1v) is 3.40. The summed E-state index contributed by atoms with van der Waals surface area (Å²) in [6.45, 7) is 0.140. The van der Waals surface area contributed by atoms with Gasteiger partial charge in [0.2, 0.25) is 5.95 Å². The molecule has 64 valence electrons. The van der Waals surface area contributed by atoms with E-state index in [1.807, 2.05) is 0 Å². The van der Waals surface area contributed by atoms with E-state index >= 15 is 0 Å². The molecule has 0 aliphatic heterocycles. The number of nitrogens with zero attached hydrogens (tertiary/aromatic N) is 5. The molecule has 0 fully saturated rings. The zero-order valence-electron chi connectivity index (χ0n) is 6.68. The quantitative estimate of drug-likeness (QED) is 0.293. The second kappa shape index (κ2) is 4.59. The van der Waals surface area contributed by atoms with Crippen LogP contribution in [0.3, 0.4) is 0 Å². The predicted molar refractivity (Wildman–Crippen MR) is 47.3 cm³/mol. The maximum absolute atomic E-state index is 7.95. The number of hydrogen-bond acceptors (Lipinski definition) is 4. The normalized spacial score (nSPS) is 8.00. The number of rotatable bonds is 1. The number of azide groups is 1. The Hall–Kier alpha value is -2.25. The van der Waals surface area contributed by atoms with E-state index in [0.717, 1.165) is 0 Å². The summed E-state index contributed by atoms with van der Waals surface area (Å²) in [6.07, 6.45) is 3.01. The average molecular weight is 174 g/mol. The minimum atomic E-state index is 0.140. The van der Waals surface area contributed by atoms with Crippen LogP contribution in [-0.4, -0.2) is 16.5 Å². The molecule has 0 aromatic carbocycles. The molecule has 6 nitrogen and oxygen atoms in total. The molecule has 0 aliphatic rings. The van der Waals surface area contributed by atoms with E-state index in [4.69, 9.17) is 11.3 Å². The van der Waals surface area contributed by atoms with Crippen LogP contribution in [0, 0.1) is 11.8 Å². The van der Waals surface area contributed by atoms with Crippen molar-refractivity contribution in [3.05, 3.63) is 28.4 Å². The third-order valence-electron chi connectivity index (χ3n) is 1.12. The summed E-state index contributed by atoms with van der Waals surface area (Å²) < 4.78 is 0. The molecule has 0 amide bonds. The lowest BCUT2D eigenvalue weighted by Crippen LogP contribution is -1.93. The Morgan fingerprint density at radius 2 is 2.23 bits per heavy atom. The van der Waals surface area contributed by atoms with E-state index in [1.54, 1.807) is 0 Å². The standard InChI is InChI=1S/C7H6N6/c8-7-10-4-6(5-11-7)2-1-3-12-13-9/h4-5H,3H2,(H2,8,10,11). The van der Waals surface area contributed by atoms with Crippen LogP contribution in [0.4, 0.5) is 5.95 Å². The van der Waals surface area contributed by atoms with Crippen molar-refractivity contribution in [1.82, 2.24) is 9.97 Å². The SMILES string of the molecule is [N-]=[N+]=NCC#Cc1cnc(N)nc1. The fourth-order valence-corrected chi connectivity index (χ4v) is 0.611. The van der Waals surface area contributed by atoms with Gasteiger partial charge in [-0.05, 0) is 5.53 Å². The monoisotopic (exact) mass is 174 g/mol. The third kappa shape index (κ3) is 3.10. The smallest absolute Gasteiger partial charge is 0.219 e. The Kier molecular flexibility index (Phi) is 3.12. The molecule has 0 saturated carbocycles. The maximum atomic E-state index is 7.95. The molecule has 1 aromatic heterocycles. The summed E-state index contributed by atoms with van der Waals surface area (Å²) >= 11 is 0. The molecule has 0 unspecified atom stereocenters. The zero-order chi connectivity index (χ0) is 9.52. The molecule has 0 atom stereocenters. The molecule has 0 spiro atoms. The number of nitrogen functional groups attached to an aromatic ring is 1. The first-order chi connectivity index (χ1) is 6.33. The summed E-state index contributed by atoms with van der Waals surface area (Å²) in [6, 6.07) is 0. The largest absolute Gasteiger partial charge is 0.368 e. The van der Waals surface area contributed by atoms with Crippen LogP contribution in [0.1, 0.15) is 5.56 Å². The Labute approximate surface area is 74.4 Å². The number of hydrogen-bond donors (Lipinski definition) is 1. The highest BCUT2D eigenvalue weighted by Gasteiger charge is 1.87. The van der Waals surface area contributed by atoms with Gasteiger partial charge in [-0.3, -0.25) is 0 Å². The van der Waals surface area contributed by atoms with E-state index in [1.165, 1.54) is 12.4 Å². The van der Waals surface area contributed by atoms with Crippen LogP contribution in [0.2, 0.25) is 0 Å².